The van der Waals surface area contributed by atoms with E-state index in [4.69, 9.17) is 9.47 Å². The molecule has 1 aromatic carbocycles. The Hall–Kier alpha value is -2.08. The number of rotatable bonds is 6. The van der Waals surface area contributed by atoms with Gasteiger partial charge in [-0.25, -0.2) is 9.78 Å². The summed E-state index contributed by atoms with van der Waals surface area (Å²) in [7, 11) is 0. The van der Waals surface area contributed by atoms with Crippen LogP contribution in [0.3, 0.4) is 0 Å². The zero-order chi connectivity index (χ0) is 19.3. The van der Waals surface area contributed by atoms with Gasteiger partial charge >= 0.3 is 6.09 Å². The molecule has 1 heterocycles. The van der Waals surface area contributed by atoms with E-state index in [1.54, 1.807) is 16.2 Å². The van der Waals surface area contributed by atoms with Gasteiger partial charge in [-0.1, -0.05) is 13.8 Å². The Morgan fingerprint density at radius 2 is 1.88 bits per heavy atom. The molecule has 0 aliphatic rings. The fourth-order valence-electron chi connectivity index (χ4n) is 2.26. The van der Waals surface area contributed by atoms with Crippen LogP contribution in [0, 0.1) is 0 Å². The van der Waals surface area contributed by atoms with Crippen molar-refractivity contribution in [2.45, 2.75) is 59.7 Å². The van der Waals surface area contributed by atoms with Gasteiger partial charge < -0.3 is 9.47 Å². The summed E-state index contributed by atoms with van der Waals surface area (Å²) < 4.78 is 11.3. The van der Waals surface area contributed by atoms with Crippen molar-refractivity contribution in [3.63, 3.8) is 0 Å². The predicted octanol–water partition coefficient (Wildman–Crippen LogP) is 5.61. The van der Waals surface area contributed by atoms with E-state index in [9.17, 15) is 4.79 Å². The van der Waals surface area contributed by atoms with Gasteiger partial charge in [0.25, 0.3) is 0 Å². The van der Waals surface area contributed by atoms with Gasteiger partial charge in [0, 0.05) is 17.6 Å². The molecule has 5 nitrogen and oxygen atoms in total. The molecule has 142 valence electrons. The average Bonchev–Trinajstić information content (AvgIpc) is 3.02. The lowest BCUT2D eigenvalue weighted by Crippen LogP contribution is -2.36. The van der Waals surface area contributed by atoms with E-state index >= 15 is 0 Å². The molecular formula is C20H28N2O3S. The van der Waals surface area contributed by atoms with Crippen molar-refractivity contribution in [1.82, 2.24) is 4.98 Å². The van der Waals surface area contributed by atoms with Crippen LogP contribution in [0.4, 0.5) is 10.5 Å². The van der Waals surface area contributed by atoms with Crippen molar-refractivity contribution in [2.24, 2.45) is 0 Å². The lowest BCUT2D eigenvalue weighted by atomic mass is 10.2. The molecule has 1 aromatic heterocycles. The second-order valence-electron chi connectivity index (χ2n) is 7.33. The average molecular weight is 377 g/mol. The molecule has 0 aliphatic heterocycles. The largest absolute Gasteiger partial charge is 0.486 e. The van der Waals surface area contributed by atoms with Crippen molar-refractivity contribution >= 4 is 23.1 Å². The molecule has 0 bridgehead atoms. The fourth-order valence-corrected chi connectivity index (χ4v) is 3.12. The number of hydrogen-bond donors (Lipinski definition) is 0. The minimum Gasteiger partial charge on any atom is -0.486 e. The summed E-state index contributed by atoms with van der Waals surface area (Å²) in [4.78, 5) is 18.5. The molecule has 0 aliphatic carbocycles. The lowest BCUT2D eigenvalue weighted by molar-refractivity contribution is 0.0582. The molecule has 0 fully saturated rings. The first-order valence-electron chi connectivity index (χ1n) is 8.87. The van der Waals surface area contributed by atoms with Crippen LogP contribution in [-0.4, -0.2) is 23.2 Å². The van der Waals surface area contributed by atoms with E-state index in [-0.39, 0.29) is 6.09 Å². The molecule has 0 unspecified atom stereocenters. The predicted molar refractivity (Wildman–Crippen MR) is 106 cm³/mol. The van der Waals surface area contributed by atoms with Gasteiger partial charge in [0.05, 0.1) is 5.69 Å². The number of anilines is 1. The smallest absolute Gasteiger partial charge is 0.414 e. The van der Waals surface area contributed by atoms with Crippen LogP contribution in [0.5, 0.6) is 5.75 Å². The Bertz CT molecular complexity index is 717. The van der Waals surface area contributed by atoms with Crippen LogP contribution < -0.4 is 9.64 Å². The first kappa shape index (κ1) is 20.2. The maximum Gasteiger partial charge on any atom is 0.414 e. The second kappa shape index (κ2) is 8.54. The Balaban J connectivity index is 1.98. The first-order chi connectivity index (χ1) is 12.2. The maximum absolute atomic E-state index is 12.3. The molecule has 0 atom stereocenters. The van der Waals surface area contributed by atoms with Gasteiger partial charge in [-0.15, -0.1) is 11.3 Å². The molecule has 0 saturated heterocycles. The van der Waals surface area contributed by atoms with Crippen LogP contribution in [-0.2, 0) is 11.3 Å². The van der Waals surface area contributed by atoms with Crippen molar-refractivity contribution in [2.75, 3.05) is 11.4 Å². The highest BCUT2D eigenvalue weighted by Crippen LogP contribution is 2.23. The van der Waals surface area contributed by atoms with Crippen LogP contribution in [0.1, 0.15) is 58.2 Å². The highest BCUT2D eigenvalue weighted by molar-refractivity contribution is 7.09. The molecule has 1 amide bonds. The monoisotopic (exact) mass is 376 g/mol. The summed E-state index contributed by atoms with van der Waals surface area (Å²) in [6.45, 7) is 12.7. The van der Waals surface area contributed by atoms with Crippen LogP contribution >= 0.6 is 11.3 Å². The van der Waals surface area contributed by atoms with Crippen molar-refractivity contribution < 1.29 is 14.3 Å². The number of thiazole rings is 1. The third-order valence-corrected chi connectivity index (χ3v) is 4.44. The normalized spacial score (nSPS) is 11.5. The number of hydrogen-bond acceptors (Lipinski definition) is 5. The summed E-state index contributed by atoms with van der Waals surface area (Å²) in [5, 5.41) is 3.04. The summed E-state index contributed by atoms with van der Waals surface area (Å²) in [6, 6.07) is 7.45. The Morgan fingerprint density at radius 3 is 2.38 bits per heavy atom. The van der Waals surface area contributed by atoms with Gasteiger partial charge in [0.2, 0.25) is 0 Å². The zero-order valence-corrected chi connectivity index (χ0v) is 17.2. The highest BCUT2D eigenvalue weighted by atomic mass is 32.1. The molecule has 0 saturated carbocycles. The van der Waals surface area contributed by atoms with Crippen molar-refractivity contribution in [1.29, 1.82) is 0 Å². The van der Waals surface area contributed by atoms with Crippen LogP contribution in [0.2, 0.25) is 0 Å². The lowest BCUT2D eigenvalue weighted by Gasteiger charge is -2.26. The molecule has 2 aromatic rings. The highest BCUT2D eigenvalue weighted by Gasteiger charge is 2.22. The summed E-state index contributed by atoms with van der Waals surface area (Å²) in [5.74, 6) is 1.17. The van der Waals surface area contributed by atoms with E-state index in [0.717, 1.165) is 22.1 Å². The quantitative estimate of drug-likeness (QED) is 0.658. The molecule has 26 heavy (non-hydrogen) atoms. The molecule has 0 spiro atoms. The molecular weight excluding hydrogens is 348 g/mol. The van der Waals surface area contributed by atoms with E-state index < -0.39 is 5.60 Å². The number of aromatic nitrogens is 1. The topological polar surface area (TPSA) is 51.7 Å². The van der Waals surface area contributed by atoms with Gasteiger partial charge in [0.1, 0.15) is 23.0 Å². The Labute approximate surface area is 160 Å². The number of amides is 1. The number of ether oxygens (including phenoxy) is 2. The number of nitrogens with zero attached hydrogens (tertiary/aromatic N) is 2. The minimum absolute atomic E-state index is 0.349. The van der Waals surface area contributed by atoms with Gasteiger partial charge in [-0.2, -0.15) is 0 Å². The summed E-state index contributed by atoms with van der Waals surface area (Å²) in [5.41, 5.74) is 1.36. The van der Waals surface area contributed by atoms with Crippen LogP contribution in [0.25, 0.3) is 0 Å². The van der Waals surface area contributed by atoms with Gasteiger partial charge in [0.15, 0.2) is 0 Å². The second-order valence-corrected chi connectivity index (χ2v) is 8.27. The fraction of sp³-hybridized carbons (Fsp3) is 0.500. The number of benzene rings is 1. The third kappa shape index (κ3) is 5.73. The van der Waals surface area contributed by atoms with E-state index in [0.29, 0.717) is 19.1 Å². The third-order valence-electron chi connectivity index (χ3n) is 3.60. The van der Waals surface area contributed by atoms with Gasteiger partial charge in [-0.3, -0.25) is 4.90 Å². The number of carbonyl (C=O) groups is 1. The Kier molecular flexibility index (Phi) is 6.64. The maximum atomic E-state index is 12.3. The first-order valence-corrected chi connectivity index (χ1v) is 9.75. The Morgan fingerprint density at radius 1 is 1.23 bits per heavy atom. The molecule has 0 radical (unpaired) electrons. The van der Waals surface area contributed by atoms with Crippen LogP contribution in [0.15, 0.2) is 29.6 Å². The van der Waals surface area contributed by atoms with Gasteiger partial charge in [-0.05, 0) is 57.9 Å². The van der Waals surface area contributed by atoms with E-state index in [1.807, 2.05) is 52.0 Å². The van der Waals surface area contributed by atoms with E-state index in [1.165, 1.54) is 0 Å². The standard InChI is InChI=1S/C20H28N2O3S/c1-7-22(19(23)25-20(4,5)6)15-8-10-16(11-9-15)24-12-18-21-17(13-26-18)14(2)3/h8-11,13-14H,7,12H2,1-6H3. The minimum atomic E-state index is -0.518. The number of carbonyl (C=O) groups excluding carboxylic acids is 1. The molecule has 6 heteroatoms. The van der Waals surface area contributed by atoms with Crippen molar-refractivity contribution in [3.8, 4) is 5.75 Å². The van der Waals surface area contributed by atoms with Crippen molar-refractivity contribution in [3.05, 3.63) is 40.3 Å². The SMILES string of the molecule is CCN(C(=O)OC(C)(C)C)c1ccc(OCc2nc(C(C)C)cs2)cc1. The zero-order valence-electron chi connectivity index (χ0n) is 16.4. The summed E-state index contributed by atoms with van der Waals surface area (Å²) in [6.07, 6.45) is -0.349. The summed E-state index contributed by atoms with van der Waals surface area (Å²) >= 11 is 1.61. The molecule has 2 rings (SSSR count). The van der Waals surface area contributed by atoms with E-state index in [2.05, 4.69) is 24.2 Å². The molecule has 0 N–H and O–H groups in total.